The maximum absolute atomic E-state index is 9.24. The van der Waals surface area contributed by atoms with Crippen molar-refractivity contribution in [2.75, 3.05) is 0 Å². The van der Waals surface area contributed by atoms with Gasteiger partial charge in [0.05, 0.1) is 0 Å². The van der Waals surface area contributed by atoms with Gasteiger partial charge in [-0.3, -0.25) is 0 Å². The zero-order valence-electron chi connectivity index (χ0n) is 2.66. The molecule has 0 aromatic rings. The predicted molar refractivity (Wildman–Crippen MR) is 19.3 cm³/mol. The molecule has 1 atom stereocenters. The Hall–Kier alpha value is 2.90. The molecule has 0 aliphatic rings. The quantitative estimate of drug-likeness (QED) is 0.469. The van der Waals surface area contributed by atoms with Crippen molar-refractivity contribution in [3.05, 3.63) is 0 Å². The van der Waals surface area contributed by atoms with Gasteiger partial charge in [0.15, 0.2) is 0 Å². The van der Waals surface area contributed by atoms with Crippen LogP contribution in [0.15, 0.2) is 0 Å². The summed E-state index contributed by atoms with van der Waals surface area (Å²) in [5, 5.41) is 0. The molecular weight excluding hydrogens is 265 g/mol. The maximum atomic E-state index is 9.24. The summed E-state index contributed by atoms with van der Waals surface area (Å²) in [6.45, 7) is 0. The van der Waals surface area contributed by atoms with Crippen LogP contribution in [0.2, 0.25) is 0 Å². The van der Waals surface area contributed by atoms with E-state index in [0.29, 0.717) is 0 Å². The first kappa shape index (κ1) is 16.5. The van der Waals surface area contributed by atoms with Crippen molar-refractivity contribution in [2.45, 2.75) is 0 Å². The second-order valence-electron chi connectivity index (χ2n) is 0.329. The van der Waals surface area contributed by atoms with E-state index in [4.69, 9.17) is 0 Å². The van der Waals surface area contributed by atoms with Crippen molar-refractivity contribution in [2.24, 2.45) is 0 Å². The van der Waals surface area contributed by atoms with E-state index in [2.05, 4.69) is 3.45 Å². The molecule has 0 bridgehead atoms. The van der Waals surface area contributed by atoms with Crippen molar-refractivity contribution in [3.8, 4) is 0 Å². The first-order valence-corrected chi connectivity index (χ1v) is 2.97. The van der Waals surface area contributed by atoms with Crippen molar-refractivity contribution >= 4 is 60.9 Å². The summed E-state index contributed by atoms with van der Waals surface area (Å²) in [6, 6.07) is 0. The number of hydrogen-bond acceptors (Lipinski definition) is 3. The second kappa shape index (κ2) is 11.7. The molecule has 3 nitrogen and oxygen atoms in total. The molecule has 0 saturated heterocycles. The zero-order valence-corrected chi connectivity index (χ0v) is 7.22. The van der Waals surface area contributed by atoms with E-state index in [1.807, 2.05) is 0 Å². The molecule has 0 aliphatic carbocycles. The molecular formula is H3KMoO3PV. The van der Waals surface area contributed by atoms with Gasteiger partial charge >= 0.3 is 87.0 Å². The van der Waals surface area contributed by atoms with Crippen LogP contribution in [0.3, 0.4) is 0 Å². The molecule has 0 radical (unpaired) electrons. The summed E-state index contributed by atoms with van der Waals surface area (Å²) in [5.41, 5.74) is 0. The van der Waals surface area contributed by atoms with Crippen LogP contribution in [0.4, 0.5) is 0 Å². The zero-order chi connectivity index (χ0) is 4.28. The van der Waals surface area contributed by atoms with Gasteiger partial charge in [-0.05, 0) is 0 Å². The predicted octanol–water partition coefficient (Wildman–Crippen LogP) is -0.634. The van der Waals surface area contributed by atoms with Crippen LogP contribution in [0.5, 0.6) is 0 Å². The van der Waals surface area contributed by atoms with E-state index in [1.54, 1.807) is 9.47 Å². The van der Waals surface area contributed by atoms with Crippen LogP contribution in [-0.4, -0.2) is 51.4 Å². The standard InChI is InChI=1S/K.Mo.H2OP.2O.V.H/c;;1-2;;;;/h;;2H2;;;;/q;;-1;;;+1;. The molecule has 0 aromatic carbocycles. The number of hydrogen-bond donors (Lipinski definition) is 0. The minimum atomic E-state index is -3.24. The summed E-state index contributed by atoms with van der Waals surface area (Å²) < 4.78 is 22.2. The third-order valence-electron chi connectivity index (χ3n) is 0.0861. The van der Waals surface area contributed by atoms with E-state index in [0.717, 1.165) is 0 Å². The van der Waals surface area contributed by atoms with Gasteiger partial charge in [-0.1, -0.05) is 0 Å². The summed E-state index contributed by atoms with van der Waals surface area (Å²) >= 11 is -3.24. The van der Waals surface area contributed by atoms with Crippen LogP contribution in [-0.2, 0) is 47.3 Å². The van der Waals surface area contributed by atoms with Gasteiger partial charge < -0.3 is 0 Å². The molecule has 0 amide bonds. The Morgan fingerprint density at radius 1 is 1.43 bits per heavy atom. The van der Waals surface area contributed by atoms with Gasteiger partial charge in [-0.2, -0.15) is 0 Å². The van der Waals surface area contributed by atoms with Crippen LogP contribution in [0.1, 0.15) is 0 Å². The summed E-state index contributed by atoms with van der Waals surface area (Å²) in [4.78, 5) is 0. The summed E-state index contributed by atoms with van der Waals surface area (Å²) in [6.07, 6.45) is 0. The first-order chi connectivity index (χ1) is 2.27. The summed E-state index contributed by atoms with van der Waals surface area (Å²) in [5.74, 6) is 0. The molecule has 0 rings (SSSR count). The van der Waals surface area contributed by atoms with Crippen molar-refractivity contribution in [3.63, 3.8) is 0 Å². The molecule has 0 N–H and O–H groups in total. The third-order valence-corrected chi connectivity index (χ3v) is 1.06. The van der Waals surface area contributed by atoms with Crippen LogP contribution in [0.25, 0.3) is 0 Å². The van der Waals surface area contributed by atoms with Crippen molar-refractivity contribution in [1.82, 2.24) is 0 Å². The van der Waals surface area contributed by atoms with Gasteiger partial charge in [0.25, 0.3) is 0 Å². The molecule has 7 heavy (non-hydrogen) atoms. The third kappa shape index (κ3) is 17.6. The molecule has 1 unspecified atom stereocenters. The summed E-state index contributed by atoms with van der Waals surface area (Å²) in [7, 11) is 1.63. The Balaban J connectivity index is -0.0000000800. The molecule has 0 heterocycles. The van der Waals surface area contributed by atoms with Gasteiger partial charge in [-0.15, -0.1) is 0 Å². The monoisotopic (exact) mass is 270 g/mol. The normalized spacial score (nSPS) is 5.29. The van der Waals surface area contributed by atoms with E-state index in [9.17, 15) is 7.35 Å². The fourth-order valence-corrected chi connectivity index (χ4v) is 0. The van der Waals surface area contributed by atoms with Crippen LogP contribution < -0.4 is 0 Å². The van der Waals surface area contributed by atoms with Gasteiger partial charge in [-0.25, -0.2) is 0 Å². The van der Waals surface area contributed by atoms with Gasteiger partial charge in [0.2, 0.25) is 0 Å². The molecule has 0 aromatic heterocycles. The SMILES string of the molecule is [KH].[Mo].[O]=[V](=[O])[O]P. The average Bonchev–Trinajstić information content (AvgIpc) is 1.38. The molecule has 38 valence electrons. The Morgan fingerprint density at radius 2 is 1.57 bits per heavy atom. The van der Waals surface area contributed by atoms with Crippen LogP contribution >= 0.6 is 9.47 Å². The number of rotatable bonds is 1. The second-order valence-corrected chi connectivity index (χ2v) is 2.23. The molecule has 7 heteroatoms. The van der Waals surface area contributed by atoms with Gasteiger partial charge in [0.1, 0.15) is 0 Å². The Morgan fingerprint density at radius 3 is 1.57 bits per heavy atom. The van der Waals surface area contributed by atoms with Crippen molar-refractivity contribution in [1.29, 1.82) is 0 Å². The van der Waals surface area contributed by atoms with Gasteiger partial charge in [0, 0.05) is 21.1 Å². The fourth-order valence-electron chi connectivity index (χ4n) is 0. The Labute approximate surface area is 106 Å². The topological polar surface area (TPSA) is 43.4 Å². The fraction of sp³-hybridized carbons (Fsp3) is 0. The molecule has 0 spiro atoms. The van der Waals surface area contributed by atoms with Crippen molar-refractivity contribution < 1.29 is 47.3 Å². The van der Waals surface area contributed by atoms with E-state index >= 15 is 0 Å². The first-order valence-electron chi connectivity index (χ1n) is 0.783. The van der Waals surface area contributed by atoms with E-state index in [1.165, 1.54) is 0 Å². The Kier molecular flexibility index (Phi) is 27.4. The minimum absolute atomic E-state index is 0. The van der Waals surface area contributed by atoms with E-state index in [-0.39, 0.29) is 72.4 Å². The van der Waals surface area contributed by atoms with Crippen LogP contribution in [0, 0.1) is 0 Å². The average molecular weight is 268 g/mol. The van der Waals surface area contributed by atoms with E-state index < -0.39 is 15.4 Å². The molecule has 0 saturated carbocycles. The molecule has 0 aliphatic heterocycles. The molecule has 0 fully saturated rings. The Bertz CT molecular complexity index is 73.0.